The molecule has 7 heteroatoms. The van der Waals surface area contributed by atoms with Gasteiger partial charge in [-0.15, -0.1) is 11.3 Å². The fraction of sp³-hybridized carbons (Fsp3) is 0.280. The monoisotopic (exact) mass is 447 g/mol. The molecule has 2 N–H and O–H groups in total. The van der Waals surface area contributed by atoms with Crippen LogP contribution in [0.1, 0.15) is 56.7 Å². The van der Waals surface area contributed by atoms with Crippen LogP contribution in [-0.4, -0.2) is 29.4 Å². The van der Waals surface area contributed by atoms with Crippen LogP contribution >= 0.6 is 11.3 Å². The van der Waals surface area contributed by atoms with Crippen molar-refractivity contribution in [2.45, 2.75) is 39.0 Å². The maximum atomic E-state index is 13.0. The first-order valence-corrected chi connectivity index (χ1v) is 11.6. The molecule has 2 aliphatic heterocycles. The van der Waals surface area contributed by atoms with E-state index in [1.165, 1.54) is 10.4 Å². The van der Waals surface area contributed by atoms with E-state index in [1.54, 1.807) is 47.7 Å². The van der Waals surface area contributed by atoms with E-state index < -0.39 is 5.97 Å². The Hall–Kier alpha value is -3.16. The van der Waals surface area contributed by atoms with Crippen molar-refractivity contribution in [2.24, 2.45) is 0 Å². The molecule has 1 atom stereocenters. The zero-order chi connectivity index (χ0) is 22.2. The first kappa shape index (κ1) is 20.7. The van der Waals surface area contributed by atoms with Gasteiger partial charge in [0.2, 0.25) is 0 Å². The van der Waals surface area contributed by atoms with E-state index in [9.17, 15) is 9.59 Å². The fourth-order valence-electron chi connectivity index (χ4n) is 4.24. The average Bonchev–Trinajstić information content (AvgIpc) is 3.18. The minimum atomic E-state index is -0.411. The minimum Gasteiger partial charge on any atom is -0.423 e. The molecule has 5 rings (SSSR count). The zero-order valence-electron chi connectivity index (χ0n) is 18.1. The van der Waals surface area contributed by atoms with Crippen LogP contribution in [0.5, 0.6) is 5.75 Å². The normalized spacial score (nSPS) is 17.8. The van der Waals surface area contributed by atoms with Crippen LogP contribution in [0, 0.1) is 0 Å². The van der Waals surface area contributed by atoms with E-state index in [1.807, 2.05) is 18.2 Å². The van der Waals surface area contributed by atoms with Crippen molar-refractivity contribution >= 4 is 28.2 Å². The van der Waals surface area contributed by atoms with Gasteiger partial charge in [-0.1, -0.05) is 30.3 Å². The first-order valence-electron chi connectivity index (χ1n) is 10.8. The van der Waals surface area contributed by atoms with E-state index in [-0.39, 0.29) is 12.1 Å². The van der Waals surface area contributed by atoms with Crippen LogP contribution in [0.3, 0.4) is 0 Å². The predicted molar refractivity (Wildman–Crippen MR) is 125 cm³/mol. The number of carbonyl (C=O) groups is 2. The summed E-state index contributed by atoms with van der Waals surface area (Å²) < 4.78 is 5.55. The van der Waals surface area contributed by atoms with E-state index in [2.05, 4.69) is 29.4 Å². The van der Waals surface area contributed by atoms with Crippen molar-refractivity contribution in [3.8, 4) is 5.75 Å². The van der Waals surface area contributed by atoms with Gasteiger partial charge in [-0.2, -0.15) is 0 Å². The molecule has 3 aromatic rings. The number of hydrogen-bond donors (Lipinski definition) is 2. The number of ether oxygens (including phenoxy) is 1. The van der Waals surface area contributed by atoms with Crippen LogP contribution in [0.2, 0.25) is 0 Å². The topological polar surface area (TPSA) is 70.7 Å². The maximum absolute atomic E-state index is 13.0. The Balaban J connectivity index is 1.36. The Kier molecular flexibility index (Phi) is 5.45. The fourth-order valence-corrected chi connectivity index (χ4v) is 5.54. The summed E-state index contributed by atoms with van der Waals surface area (Å²) in [6.45, 7) is 6.27. The van der Waals surface area contributed by atoms with Gasteiger partial charge in [0.1, 0.15) is 16.9 Å². The molecule has 2 aliphatic rings. The standard InChI is InChI=1S/C25H25N3O3S/c1-15(2)28-12-11-19-20(14-28)32-24-21(19)23(29)26-22(27-24)17-9-6-10-18(13-17)31-25(30)16-7-4-3-5-8-16/h3-10,13,15,22,27H,11-12,14H2,1-2H3,(H,26,29)/t22-/m0/s1. The number of nitrogens with one attached hydrogen (secondary N) is 2. The van der Waals surface area contributed by atoms with Crippen molar-refractivity contribution in [3.05, 3.63) is 81.7 Å². The van der Waals surface area contributed by atoms with E-state index >= 15 is 0 Å². The Morgan fingerprint density at radius 1 is 1.12 bits per heavy atom. The van der Waals surface area contributed by atoms with E-state index in [0.717, 1.165) is 35.6 Å². The number of esters is 1. The van der Waals surface area contributed by atoms with Gasteiger partial charge in [-0.3, -0.25) is 9.69 Å². The Bertz CT molecular complexity index is 1170. The van der Waals surface area contributed by atoms with Crippen LogP contribution in [0.25, 0.3) is 0 Å². The molecule has 2 aromatic carbocycles. The highest BCUT2D eigenvalue weighted by Crippen LogP contribution is 2.41. The molecule has 0 radical (unpaired) electrons. The number of amides is 1. The van der Waals surface area contributed by atoms with Gasteiger partial charge in [0, 0.05) is 24.0 Å². The van der Waals surface area contributed by atoms with E-state index in [4.69, 9.17) is 4.74 Å². The number of anilines is 1. The summed E-state index contributed by atoms with van der Waals surface area (Å²) >= 11 is 1.67. The summed E-state index contributed by atoms with van der Waals surface area (Å²) in [5, 5.41) is 7.48. The summed E-state index contributed by atoms with van der Waals surface area (Å²) in [4.78, 5) is 29.1. The molecule has 3 heterocycles. The van der Waals surface area contributed by atoms with E-state index in [0.29, 0.717) is 17.4 Å². The molecule has 164 valence electrons. The highest BCUT2D eigenvalue weighted by molar-refractivity contribution is 7.16. The number of thiophene rings is 1. The molecule has 0 unspecified atom stereocenters. The van der Waals surface area contributed by atoms with Crippen molar-refractivity contribution < 1.29 is 14.3 Å². The number of benzene rings is 2. The second kappa shape index (κ2) is 8.41. The first-order chi connectivity index (χ1) is 15.5. The average molecular weight is 448 g/mol. The van der Waals surface area contributed by atoms with Gasteiger partial charge in [-0.25, -0.2) is 4.79 Å². The van der Waals surface area contributed by atoms with Crippen molar-refractivity contribution in [2.75, 3.05) is 11.9 Å². The lowest BCUT2D eigenvalue weighted by Crippen LogP contribution is -2.39. The van der Waals surface area contributed by atoms with Crippen molar-refractivity contribution in [3.63, 3.8) is 0 Å². The lowest BCUT2D eigenvalue weighted by Gasteiger charge is -2.31. The van der Waals surface area contributed by atoms with Gasteiger partial charge in [0.05, 0.1) is 11.1 Å². The second-order valence-corrected chi connectivity index (χ2v) is 9.51. The number of hydrogen-bond acceptors (Lipinski definition) is 6. The number of fused-ring (bicyclic) bond motifs is 3. The predicted octanol–water partition coefficient (Wildman–Crippen LogP) is 4.59. The van der Waals surface area contributed by atoms with Gasteiger partial charge in [0.15, 0.2) is 0 Å². The summed E-state index contributed by atoms with van der Waals surface area (Å²) in [6, 6.07) is 16.6. The van der Waals surface area contributed by atoms with Crippen molar-refractivity contribution in [1.82, 2.24) is 10.2 Å². The van der Waals surface area contributed by atoms with Crippen molar-refractivity contribution in [1.29, 1.82) is 0 Å². The molecule has 6 nitrogen and oxygen atoms in total. The highest BCUT2D eigenvalue weighted by atomic mass is 32.1. The molecular weight excluding hydrogens is 422 g/mol. The van der Waals surface area contributed by atoms with Crippen LogP contribution in [-0.2, 0) is 13.0 Å². The molecule has 1 aromatic heterocycles. The number of rotatable bonds is 4. The number of nitrogens with zero attached hydrogens (tertiary/aromatic N) is 1. The second-order valence-electron chi connectivity index (χ2n) is 8.40. The molecule has 0 saturated heterocycles. The zero-order valence-corrected chi connectivity index (χ0v) is 18.9. The number of carbonyl (C=O) groups excluding carboxylic acids is 2. The lowest BCUT2D eigenvalue weighted by molar-refractivity contribution is 0.0734. The highest BCUT2D eigenvalue weighted by Gasteiger charge is 2.33. The molecule has 0 aliphatic carbocycles. The molecular formula is C25H25N3O3S. The molecule has 1 amide bonds. The van der Waals surface area contributed by atoms with Gasteiger partial charge in [0.25, 0.3) is 5.91 Å². The summed E-state index contributed by atoms with van der Waals surface area (Å²) in [5.41, 5.74) is 3.29. The maximum Gasteiger partial charge on any atom is 0.343 e. The third-order valence-electron chi connectivity index (χ3n) is 6.01. The molecule has 0 saturated carbocycles. The molecule has 32 heavy (non-hydrogen) atoms. The largest absolute Gasteiger partial charge is 0.423 e. The Morgan fingerprint density at radius 3 is 2.72 bits per heavy atom. The van der Waals surface area contributed by atoms with Crippen LogP contribution < -0.4 is 15.4 Å². The summed E-state index contributed by atoms with van der Waals surface area (Å²) in [6.07, 6.45) is 0.510. The minimum absolute atomic E-state index is 0.0501. The summed E-state index contributed by atoms with van der Waals surface area (Å²) in [5.74, 6) is -0.0199. The van der Waals surface area contributed by atoms with Crippen LogP contribution in [0.15, 0.2) is 54.6 Å². The quantitative estimate of drug-likeness (QED) is 0.452. The molecule has 0 spiro atoms. The third-order valence-corrected chi connectivity index (χ3v) is 7.15. The smallest absolute Gasteiger partial charge is 0.343 e. The molecule has 0 bridgehead atoms. The SMILES string of the molecule is CC(C)N1CCc2c(sc3c2C(=O)N[C@H](c2cccc(OC(=O)c4ccccc4)c2)N3)C1. The Labute approximate surface area is 191 Å². The van der Waals surface area contributed by atoms with Gasteiger partial charge in [-0.05, 0) is 55.7 Å². The van der Waals surface area contributed by atoms with Gasteiger partial charge < -0.3 is 15.4 Å². The third kappa shape index (κ3) is 3.89. The summed E-state index contributed by atoms with van der Waals surface area (Å²) in [7, 11) is 0. The lowest BCUT2D eigenvalue weighted by atomic mass is 9.99. The molecule has 0 fully saturated rings. The Morgan fingerprint density at radius 2 is 1.94 bits per heavy atom. The van der Waals surface area contributed by atoms with Crippen LogP contribution in [0.4, 0.5) is 5.00 Å². The van der Waals surface area contributed by atoms with Gasteiger partial charge >= 0.3 is 5.97 Å².